The molecule has 4 heterocycles. The Balaban J connectivity index is 1.72. The van der Waals surface area contributed by atoms with E-state index in [1.54, 1.807) is 6.33 Å². The summed E-state index contributed by atoms with van der Waals surface area (Å²) in [6.07, 6.45) is 3.54. The third-order valence-electron chi connectivity index (χ3n) is 3.62. The van der Waals surface area contributed by atoms with Crippen LogP contribution in [0.25, 0.3) is 11.0 Å². The zero-order valence-corrected chi connectivity index (χ0v) is 9.97. The molecule has 0 aliphatic carbocycles. The molecule has 2 aromatic heterocycles. The fourth-order valence-corrected chi connectivity index (χ4v) is 2.88. The van der Waals surface area contributed by atoms with Crippen LogP contribution in [0, 0.1) is 0 Å². The predicted octanol–water partition coefficient (Wildman–Crippen LogP) is 0.135. The van der Waals surface area contributed by atoms with E-state index in [0.29, 0.717) is 12.1 Å². The highest BCUT2D eigenvalue weighted by atomic mass is 16.5. The van der Waals surface area contributed by atoms with Crippen molar-refractivity contribution in [3.8, 4) is 0 Å². The van der Waals surface area contributed by atoms with Crippen molar-refractivity contribution in [3.05, 3.63) is 18.6 Å². The van der Waals surface area contributed by atoms with Gasteiger partial charge in [0.15, 0.2) is 0 Å². The molecule has 0 spiro atoms. The zero-order chi connectivity index (χ0) is 11.9. The third kappa shape index (κ3) is 1.57. The van der Waals surface area contributed by atoms with Crippen molar-refractivity contribution in [2.75, 3.05) is 31.2 Å². The minimum atomic E-state index is 0.404. The molecule has 0 aromatic carbocycles. The fourth-order valence-electron chi connectivity index (χ4n) is 2.88. The minimum absolute atomic E-state index is 0.404. The monoisotopic (exact) mass is 245 g/mol. The van der Waals surface area contributed by atoms with E-state index >= 15 is 0 Å². The first-order valence-electron chi connectivity index (χ1n) is 6.27. The lowest BCUT2D eigenvalue weighted by Gasteiger charge is -2.42. The maximum Gasteiger partial charge on any atom is 0.142 e. The van der Waals surface area contributed by atoms with Crippen LogP contribution in [0.3, 0.4) is 0 Å². The highest BCUT2D eigenvalue weighted by Crippen LogP contribution is 2.24. The van der Waals surface area contributed by atoms with E-state index in [1.165, 1.54) is 0 Å². The quantitative estimate of drug-likeness (QED) is 0.748. The number of fused-ring (bicyclic) bond motifs is 3. The summed E-state index contributed by atoms with van der Waals surface area (Å²) in [5, 5.41) is 4.67. The summed E-state index contributed by atoms with van der Waals surface area (Å²) in [5.74, 6) is 1.03. The number of nitrogens with one attached hydrogen (secondary N) is 2. The topological polar surface area (TPSA) is 66.1 Å². The molecule has 2 saturated heterocycles. The van der Waals surface area contributed by atoms with E-state index in [-0.39, 0.29) is 0 Å². The molecule has 0 saturated carbocycles. The smallest absolute Gasteiger partial charge is 0.142 e. The number of hydrogen-bond donors (Lipinski definition) is 2. The Morgan fingerprint density at radius 1 is 1.22 bits per heavy atom. The van der Waals surface area contributed by atoms with Gasteiger partial charge in [-0.3, -0.25) is 0 Å². The Hall–Kier alpha value is -1.66. The van der Waals surface area contributed by atoms with E-state index in [9.17, 15) is 0 Å². The number of anilines is 1. The standard InChI is InChI=1S/C12H15N5O/c1-2-13-11-10(1)12(15-7-14-11)17-3-8-5-18-6-9(4-17)16-8/h1-2,7-9,16H,3-6H2,(H,13,14,15). The van der Waals surface area contributed by atoms with E-state index < -0.39 is 0 Å². The average molecular weight is 245 g/mol. The second-order valence-corrected chi connectivity index (χ2v) is 4.94. The van der Waals surface area contributed by atoms with Gasteiger partial charge >= 0.3 is 0 Å². The molecule has 2 N–H and O–H groups in total. The van der Waals surface area contributed by atoms with Crippen molar-refractivity contribution in [2.45, 2.75) is 12.1 Å². The van der Waals surface area contributed by atoms with Crippen LogP contribution in [0.4, 0.5) is 5.82 Å². The molecule has 18 heavy (non-hydrogen) atoms. The van der Waals surface area contributed by atoms with Gasteiger partial charge in [-0.1, -0.05) is 0 Å². The maximum atomic E-state index is 5.57. The van der Waals surface area contributed by atoms with Crippen molar-refractivity contribution in [3.63, 3.8) is 0 Å². The highest BCUT2D eigenvalue weighted by molar-refractivity contribution is 5.87. The van der Waals surface area contributed by atoms with Crippen molar-refractivity contribution in [2.24, 2.45) is 0 Å². The van der Waals surface area contributed by atoms with Gasteiger partial charge in [0, 0.05) is 31.4 Å². The maximum absolute atomic E-state index is 5.57. The van der Waals surface area contributed by atoms with Crippen LogP contribution in [0.5, 0.6) is 0 Å². The molecule has 2 atom stereocenters. The van der Waals surface area contributed by atoms with Gasteiger partial charge in [-0.2, -0.15) is 0 Å². The highest BCUT2D eigenvalue weighted by Gasteiger charge is 2.31. The first-order valence-corrected chi connectivity index (χ1v) is 6.27. The molecule has 0 amide bonds. The van der Waals surface area contributed by atoms with Crippen molar-refractivity contribution in [1.82, 2.24) is 20.3 Å². The summed E-state index contributed by atoms with van der Waals surface area (Å²) in [4.78, 5) is 14.2. The number of morpholine rings is 1. The number of aromatic nitrogens is 3. The number of aromatic amines is 1. The second kappa shape index (κ2) is 3.93. The van der Waals surface area contributed by atoms with E-state index in [2.05, 4.69) is 25.2 Å². The molecule has 6 heteroatoms. The van der Waals surface area contributed by atoms with Gasteiger partial charge in [-0.15, -0.1) is 0 Å². The molecule has 94 valence electrons. The summed E-state index contributed by atoms with van der Waals surface area (Å²) in [6, 6.07) is 2.85. The SMILES string of the molecule is c1nc(N2CC3COCC(C2)N3)c2cc[nH]c2n1. The molecule has 2 bridgehead atoms. The lowest BCUT2D eigenvalue weighted by Crippen LogP contribution is -2.63. The number of ether oxygens (including phenoxy) is 1. The van der Waals surface area contributed by atoms with E-state index in [4.69, 9.17) is 4.74 Å². The van der Waals surface area contributed by atoms with Crippen LogP contribution >= 0.6 is 0 Å². The lowest BCUT2D eigenvalue weighted by atomic mass is 10.1. The predicted molar refractivity (Wildman–Crippen MR) is 67.6 cm³/mol. The first kappa shape index (κ1) is 10.3. The van der Waals surface area contributed by atoms with Gasteiger partial charge in [0.25, 0.3) is 0 Å². The zero-order valence-electron chi connectivity index (χ0n) is 9.97. The number of hydrogen-bond acceptors (Lipinski definition) is 5. The molecule has 6 nitrogen and oxygen atoms in total. The molecule has 2 aromatic rings. The van der Waals surface area contributed by atoms with Gasteiger partial charge < -0.3 is 19.9 Å². The summed E-state index contributed by atoms with van der Waals surface area (Å²) >= 11 is 0. The molecular formula is C12H15N5O. The molecule has 4 rings (SSSR count). The molecule has 0 radical (unpaired) electrons. The van der Waals surface area contributed by atoms with E-state index in [0.717, 1.165) is 43.2 Å². The van der Waals surface area contributed by atoms with Gasteiger partial charge in [0.1, 0.15) is 17.8 Å². The average Bonchev–Trinajstić information content (AvgIpc) is 2.86. The van der Waals surface area contributed by atoms with E-state index in [1.807, 2.05) is 12.3 Å². The fraction of sp³-hybridized carbons (Fsp3) is 0.500. The number of piperazine rings is 1. The largest absolute Gasteiger partial charge is 0.378 e. The molecule has 2 aliphatic heterocycles. The third-order valence-corrected chi connectivity index (χ3v) is 3.62. The molecular weight excluding hydrogens is 230 g/mol. The van der Waals surface area contributed by atoms with Crippen molar-refractivity contribution >= 4 is 16.9 Å². The normalized spacial score (nSPS) is 27.7. The van der Waals surface area contributed by atoms with Crippen LogP contribution in [0.2, 0.25) is 0 Å². The molecule has 2 fully saturated rings. The Morgan fingerprint density at radius 2 is 2.06 bits per heavy atom. The summed E-state index contributed by atoms with van der Waals surface area (Å²) in [6.45, 7) is 3.45. The summed E-state index contributed by atoms with van der Waals surface area (Å²) in [7, 11) is 0. The molecule has 2 unspecified atom stereocenters. The molecule has 2 aliphatic rings. The Kier molecular flexibility index (Phi) is 2.24. The van der Waals surface area contributed by atoms with Crippen molar-refractivity contribution in [1.29, 1.82) is 0 Å². The number of rotatable bonds is 1. The van der Waals surface area contributed by atoms with Crippen LogP contribution in [0.15, 0.2) is 18.6 Å². The Bertz CT molecular complexity index is 556. The van der Waals surface area contributed by atoms with Crippen LogP contribution < -0.4 is 10.2 Å². The summed E-state index contributed by atoms with van der Waals surface area (Å²) < 4.78 is 5.57. The van der Waals surface area contributed by atoms with Crippen molar-refractivity contribution < 1.29 is 4.74 Å². The minimum Gasteiger partial charge on any atom is -0.378 e. The van der Waals surface area contributed by atoms with Crippen LogP contribution in [-0.4, -0.2) is 53.3 Å². The number of nitrogens with zero attached hydrogens (tertiary/aromatic N) is 3. The Labute approximate surface area is 104 Å². The number of H-pyrrole nitrogens is 1. The Morgan fingerprint density at radius 3 is 2.89 bits per heavy atom. The lowest BCUT2D eigenvalue weighted by molar-refractivity contribution is 0.0375. The van der Waals surface area contributed by atoms with Gasteiger partial charge in [0.2, 0.25) is 0 Å². The van der Waals surface area contributed by atoms with Crippen LogP contribution in [-0.2, 0) is 4.74 Å². The van der Waals surface area contributed by atoms with Gasteiger partial charge in [-0.05, 0) is 6.07 Å². The van der Waals surface area contributed by atoms with Crippen LogP contribution in [0.1, 0.15) is 0 Å². The summed E-state index contributed by atoms with van der Waals surface area (Å²) in [5.41, 5.74) is 0.903. The first-order chi connectivity index (χ1) is 8.90. The van der Waals surface area contributed by atoms with Gasteiger partial charge in [0.05, 0.1) is 18.6 Å². The van der Waals surface area contributed by atoms with Gasteiger partial charge in [-0.25, -0.2) is 9.97 Å². The second-order valence-electron chi connectivity index (χ2n) is 4.94.